The number of cyclic esters (lactones) is 1. The fraction of sp³-hybridized carbons (Fsp3) is 0.357. The van der Waals surface area contributed by atoms with Gasteiger partial charge in [0.05, 0.1) is 35.4 Å². The van der Waals surface area contributed by atoms with Crippen LogP contribution >= 0.6 is 0 Å². The summed E-state index contributed by atoms with van der Waals surface area (Å²) in [4.78, 5) is 66.7. The lowest BCUT2D eigenvalue weighted by Crippen LogP contribution is -2.40. The predicted molar refractivity (Wildman–Crippen MR) is 136 cm³/mol. The maximum atomic E-state index is 13.9. The Morgan fingerprint density at radius 3 is 2.60 bits per heavy atom. The lowest BCUT2D eigenvalue weighted by Gasteiger charge is -2.32. The largest absolute Gasteiger partial charge is 0.460 e. The van der Waals surface area contributed by atoms with Crippen LogP contribution < -0.4 is 10.9 Å². The van der Waals surface area contributed by atoms with Crippen LogP contribution in [-0.4, -0.2) is 39.7 Å². The van der Waals surface area contributed by atoms with Gasteiger partial charge >= 0.3 is 11.9 Å². The van der Waals surface area contributed by atoms with E-state index < -0.39 is 47.2 Å². The number of rotatable bonds is 7. The lowest BCUT2D eigenvalue weighted by atomic mass is 9.85. The number of pyridine rings is 2. The average Bonchev–Trinajstić information content (AvgIpc) is 3.19. The highest BCUT2D eigenvalue weighted by molar-refractivity contribution is 5.87. The molecule has 1 aromatic carbocycles. The van der Waals surface area contributed by atoms with Gasteiger partial charge in [-0.15, -0.1) is 0 Å². The van der Waals surface area contributed by atoms with Crippen LogP contribution in [0.2, 0.25) is 0 Å². The molecule has 2 aliphatic heterocycles. The Morgan fingerprint density at radius 1 is 1.12 bits per heavy atom. The maximum absolute atomic E-state index is 13.9. The topological polar surface area (TPSA) is 134 Å². The Labute approximate surface area is 226 Å². The molecular weight excluding hydrogens is 528 g/mol. The van der Waals surface area contributed by atoms with Crippen molar-refractivity contribution in [1.29, 1.82) is 0 Å². The second-order valence-electron chi connectivity index (χ2n) is 9.91. The molecule has 2 aliphatic rings. The molecule has 4 heterocycles. The molecule has 1 atom stereocenters. The van der Waals surface area contributed by atoms with Crippen molar-refractivity contribution in [1.82, 2.24) is 14.9 Å². The summed E-state index contributed by atoms with van der Waals surface area (Å²) in [5, 5.41) is 2.77. The monoisotopic (exact) mass is 553 g/mol. The van der Waals surface area contributed by atoms with Crippen molar-refractivity contribution in [3.8, 4) is 11.4 Å². The zero-order valence-electron chi connectivity index (χ0n) is 21.8. The van der Waals surface area contributed by atoms with E-state index in [0.717, 1.165) is 12.1 Å². The van der Waals surface area contributed by atoms with Crippen LogP contribution in [0.15, 0.2) is 29.1 Å². The van der Waals surface area contributed by atoms with Gasteiger partial charge in [-0.25, -0.2) is 13.8 Å². The molecule has 40 heavy (non-hydrogen) atoms. The van der Waals surface area contributed by atoms with E-state index in [4.69, 9.17) is 9.47 Å². The molecule has 3 aromatic rings. The van der Waals surface area contributed by atoms with Crippen molar-refractivity contribution in [2.75, 3.05) is 6.54 Å². The van der Waals surface area contributed by atoms with Gasteiger partial charge in [0.25, 0.3) is 5.56 Å². The van der Waals surface area contributed by atoms with Gasteiger partial charge in [-0.05, 0) is 31.5 Å². The minimum absolute atomic E-state index is 0.0282. The number of Topliss-reactive ketones (excluding diaryl/α,β-unsaturated/α-hetero) is 1. The first kappa shape index (κ1) is 27.1. The first-order valence-electron chi connectivity index (χ1n) is 12.7. The molecule has 0 radical (unpaired) electrons. The summed E-state index contributed by atoms with van der Waals surface area (Å²) in [7, 11) is 0. The van der Waals surface area contributed by atoms with E-state index in [-0.39, 0.29) is 61.3 Å². The molecule has 0 fully saturated rings. The number of esters is 2. The second kappa shape index (κ2) is 10.2. The molecular formula is C28H25F2N3O7. The molecule has 1 amide bonds. The van der Waals surface area contributed by atoms with E-state index in [1.54, 1.807) is 19.1 Å². The summed E-state index contributed by atoms with van der Waals surface area (Å²) in [6.07, 6.45) is -0.325. The first-order valence-corrected chi connectivity index (χ1v) is 12.7. The summed E-state index contributed by atoms with van der Waals surface area (Å²) in [6, 6.07) is 5.27. The zero-order valence-corrected chi connectivity index (χ0v) is 21.8. The number of fused-ring (bicyclic) bond motifs is 5. The number of ether oxygens (including phenoxy) is 2. The van der Waals surface area contributed by atoms with Crippen LogP contribution in [0.25, 0.3) is 22.3 Å². The smallest absolute Gasteiger partial charge is 0.326 e. The SMILES string of the molecule is CCC1(OC(=O)CNC(=O)CCC(C)=O)CC(=O)OCc2c1cc1n(c2=O)Cc2cc3cc(F)c(F)cc3nc2-1. The Bertz CT molecular complexity index is 1670. The highest BCUT2D eigenvalue weighted by atomic mass is 19.2. The molecule has 1 N–H and O–H groups in total. The van der Waals surface area contributed by atoms with Crippen LogP contribution in [0.3, 0.4) is 0 Å². The predicted octanol–water partition coefficient (Wildman–Crippen LogP) is 2.78. The molecule has 5 rings (SSSR count). The number of hydrogen-bond donors (Lipinski definition) is 1. The molecule has 0 bridgehead atoms. The quantitative estimate of drug-likeness (QED) is 0.346. The van der Waals surface area contributed by atoms with Crippen LogP contribution in [0, 0.1) is 11.6 Å². The third-order valence-electron chi connectivity index (χ3n) is 7.22. The fourth-order valence-electron chi connectivity index (χ4n) is 5.13. The zero-order chi connectivity index (χ0) is 28.8. The van der Waals surface area contributed by atoms with Crippen LogP contribution in [-0.2, 0) is 47.4 Å². The Kier molecular flexibility index (Phi) is 6.94. The normalized spacial score (nSPS) is 17.4. The number of carbonyl (C=O) groups excluding carboxylic acids is 4. The summed E-state index contributed by atoms with van der Waals surface area (Å²) >= 11 is 0. The number of nitrogens with zero attached hydrogens (tertiary/aromatic N) is 2. The first-order chi connectivity index (χ1) is 19.0. The number of aromatic nitrogens is 2. The Hall–Kier alpha value is -4.48. The third kappa shape index (κ3) is 4.85. The van der Waals surface area contributed by atoms with Gasteiger partial charge < -0.3 is 24.2 Å². The van der Waals surface area contributed by atoms with Crippen molar-refractivity contribution < 1.29 is 37.4 Å². The maximum Gasteiger partial charge on any atom is 0.326 e. The highest BCUT2D eigenvalue weighted by Crippen LogP contribution is 2.41. The lowest BCUT2D eigenvalue weighted by molar-refractivity contribution is -0.167. The standard InChI is InChI=1S/C28H25F2N3O7/c1-3-28(40-25(37)11-31-23(35)5-4-14(2)34)10-24(36)39-13-17-18(28)8-22-26-16(12-33(22)27(17)38)6-15-7-19(29)20(30)9-21(15)32-26/h6-9H,3-5,10-13H2,1-2H3,(H,31,35). The number of halogens is 2. The number of ketones is 1. The van der Waals surface area contributed by atoms with E-state index in [1.165, 1.54) is 11.5 Å². The van der Waals surface area contributed by atoms with Gasteiger partial charge in [0.15, 0.2) is 11.6 Å². The Morgan fingerprint density at radius 2 is 1.88 bits per heavy atom. The second-order valence-corrected chi connectivity index (χ2v) is 9.91. The highest BCUT2D eigenvalue weighted by Gasteiger charge is 2.44. The van der Waals surface area contributed by atoms with Crippen LogP contribution in [0.5, 0.6) is 0 Å². The van der Waals surface area contributed by atoms with Gasteiger partial charge in [-0.3, -0.25) is 19.2 Å². The number of nitrogens with one attached hydrogen (secondary N) is 1. The van der Waals surface area contributed by atoms with E-state index in [2.05, 4.69) is 10.3 Å². The van der Waals surface area contributed by atoms with Gasteiger partial charge in [-0.1, -0.05) is 6.92 Å². The minimum atomic E-state index is -1.58. The van der Waals surface area contributed by atoms with E-state index >= 15 is 0 Å². The van der Waals surface area contributed by atoms with E-state index in [0.29, 0.717) is 22.3 Å². The van der Waals surface area contributed by atoms with Gasteiger partial charge in [0, 0.05) is 35.4 Å². The van der Waals surface area contributed by atoms with Gasteiger partial charge in [-0.2, -0.15) is 0 Å². The molecule has 0 aliphatic carbocycles. The van der Waals surface area contributed by atoms with Gasteiger partial charge in [0.2, 0.25) is 5.91 Å². The number of amides is 1. The van der Waals surface area contributed by atoms with Crippen molar-refractivity contribution in [2.45, 2.75) is 58.3 Å². The summed E-state index contributed by atoms with van der Waals surface area (Å²) in [5.74, 6) is -4.28. The van der Waals surface area contributed by atoms with Crippen molar-refractivity contribution >= 4 is 34.5 Å². The molecule has 2 aromatic heterocycles. The summed E-state index contributed by atoms with van der Waals surface area (Å²) in [5.41, 5.74) is -0.102. The molecule has 0 spiro atoms. The molecule has 12 heteroatoms. The number of benzene rings is 1. The fourth-order valence-corrected chi connectivity index (χ4v) is 5.13. The molecule has 1 unspecified atom stereocenters. The van der Waals surface area contributed by atoms with Crippen LogP contribution in [0.4, 0.5) is 8.78 Å². The molecule has 10 nitrogen and oxygen atoms in total. The number of carbonyl (C=O) groups is 4. The Balaban J connectivity index is 1.54. The van der Waals surface area contributed by atoms with Crippen LogP contribution in [0.1, 0.15) is 56.2 Å². The molecule has 208 valence electrons. The van der Waals surface area contributed by atoms with Crippen molar-refractivity contribution in [3.05, 3.63) is 62.9 Å². The van der Waals surface area contributed by atoms with Gasteiger partial charge in [0.1, 0.15) is 24.5 Å². The third-order valence-corrected chi connectivity index (χ3v) is 7.22. The summed E-state index contributed by atoms with van der Waals surface area (Å²) < 4.78 is 40.3. The average molecular weight is 554 g/mol. The van der Waals surface area contributed by atoms with Crippen molar-refractivity contribution in [2.24, 2.45) is 0 Å². The minimum Gasteiger partial charge on any atom is -0.460 e. The molecule has 0 saturated heterocycles. The summed E-state index contributed by atoms with van der Waals surface area (Å²) in [6.45, 7) is 2.30. The van der Waals surface area contributed by atoms with E-state index in [9.17, 15) is 32.8 Å². The van der Waals surface area contributed by atoms with E-state index in [1.807, 2.05) is 0 Å². The van der Waals surface area contributed by atoms with Crippen molar-refractivity contribution in [3.63, 3.8) is 0 Å². The molecule has 0 saturated carbocycles. The number of hydrogen-bond acceptors (Lipinski definition) is 8.